The predicted octanol–water partition coefficient (Wildman–Crippen LogP) is 15.5. The van der Waals surface area contributed by atoms with Gasteiger partial charge in [0.1, 0.15) is 0 Å². The van der Waals surface area contributed by atoms with Gasteiger partial charge in [0, 0.05) is 11.8 Å². The van der Waals surface area contributed by atoms with E-state index in [2.05, 4.69) is 133 Å². The molecule has 0 amide bonds. The minimum atomic E-state index is 0.436. The Morgan fingerprint density at radius 2 is 0.426 bits per heavy atom. The molecule has 0 N–H and O–H groups in total. The minimum absolute atomic E-state index is 0.436. The fourth-order valence-electron chi connectivity index (χ4n) is 8.38. The van der Waals surface area contributed by atoms with Gasteiger partial charge >= 0.3 is 0 Å². The maximum absolute atomic E-state index is 2.32. The van der Waals surface area contributed by atoms with Crippen LogP contribution in [0, 0.1) is 0 Å². The first-order valence-electron chi connectivity index (χ1n) is 21.4. The normalized spacial score (nSPS) is 12.4. The molecule has 0 aromatic heterocycles. The monoisotopic (exact) mass is 717 g/mol. The van der Waals surface area contributed by atoms with E-state index in [9.17, 15) is 0 Å². The van der Waals surface area contributed by atoms with E-state index < -0.39 is 0 Å². The Morgan fingerprint density at radius 3 is 0.648 bits per heavy atom. The zero-order valence-electron chi connectivity index (χ0n) is 35.7. The van der Waals surface area contributed by atoms with E-state index in [0.29, 0.717) is 11.8 Å². The molecule has 0 spiro atoms. The first-order chi connectivity index (χ1) is 26.8. The van der Waals surface area contributed by atoms with Crippen molar-refractivity contribution in [3.63, 3.8) is 0 Å². The lowest BCUT2D eigenvalue weighted by atomic mass is 9.68. The molecule has 6 aromatic carbocycles. The number of hydrogen-bond donors (Lipinski definition) is 0. The molecule has 4 aliphatic rings. The highest BCUT2D eigenvalue weighted by molar-refractivity contribution is 5.63. The second-order valence-electron chi connectivity index (χ2n) is 12.3. The zero-order chi connectivity index (χ0) is 39.6. The number of benzene rings is 6. The first-order valence-corrected chi connectivity index (χ1v) is 21.4. The second-order valence-corrected chi connectivity index (χ2v) is 12.3. The Morgan fingerprint density at radius 1 is 0.241 bits per heavy atom. The average Bonchev–Trinajstić information content (AvgIpc) is 3.28. The van der Waals surface area contributed by atoms with Crippen molar-refractivity contribution < 1.29 is 0 Å². The summed E-state index contributed by atoms with van der Waals surface area (Å²) in [5.74, 6) is 0.872. The van der Waals surface area contributed by atoms with Crippen molar-refractivity contribution in [3.05, 3.63) is 211 Å². The van der Waals surface area contributed by atoms with Crippen molar-refractivity contribution in [3.8, 4) is 0 Å². The van der Waals surface area contributed by atoms with Crippen LogP contribution in [0.1, 0.15) is 173 Å². The predicted molar refractivity (Wildman–Crippen MR) is 240 cm³/mol. The van der Waals surface area contributed by atoms with Gasteiger partial charge < -0.3 is 0 Å². The van der Waals surface area contributed by atoms with E-state index >= 15 is 0 Å². The van der Waals surface area contributed by atoms with Gasteiger partial charge in [0.05, 0.1) is 0 Å². The fraction of sp³-hybridized carbons (Fsp3) is 0.333. The molecule has 284 valence electrons. The van der Waals surface area contributed by atoms with Crippen LogP contribution in [-0.4, -0.2) is 0 Å². The SMILES string of the molecule is CC.CC.CC.CC.CC.CC.c1ccc2c(c1)Cc1cccc3c1C2c1ccccc1C3.c1ccc2c(c1)Cc1cccc3c1C2c1ccccc1C3. The molecule has 0 saturated heterocycles. The van der Waals surface area contributed by atoms with Gasteiger partial charge in [0.15, 0.2) is 0 Å². The smallest absolute Gasteiger partial charge is 0.0351 e. The third-order valence-electron chi connectivity index (χ3n) is 10.1. The average molecular weight is 717 g/mol. The van der Waals surface area contributed by atoms with Gasteiger partial charge in [0.25, 0.3) is 0 Å². The number of rotatable bonds is 0. The molecule has 0 saturated carbocycles. The van der Waals surface area contributed by atoms with Gasteiger partial charge in [-0.05, 0) is 104 Å². The van der Waals surface area contributed by atoms with Crippen molar-refractivity contribution in [2.45, 2.75) is 121 Å². The van der Waals surface area contributed by atoms with Gasteiger partial charge in [-0.15, -0.1) is 0 Å². The molecule has 0 bridgehead atoms. The number of fused-ring (bicyclic) bond motifs is 8. The van der Waals surface area contributed by atoms with Gasteiger partial charge in [-0.3, -0.25) is 0 Å². The molecule has 0 heterocycles. The molecule has 0 heteroatoms. The summed E-state index contributed by atoms with van der Waals surface area (Å²) in [6.45, 7) is 24.0. The summed E-state index contributed by atoms with van der Waals surface area (Å²) in [5, 5.41) is 0. The molecule has 0 aliphatic heterocycles. The molecule has 0 radical (unpaired) electrons. The van der Waals surface area contributed by atoms with Gasteiger partial charge in [0.2, 0.25) is 0 Å². The quantitative estimate of drug-likeness (QED) is 0.147. The molecule has 6 aromatic rings. The molecule has 4 aliphatic carbocycles. The van der Waals surface area contributed by atoms with Crippen molar-refractivity contribution in [2.24, 2.45) is 0 Å². The highest BCUT2D eigenvalue weighted by atomic mass is 14.4. The largest absolute Gasteiger partial charge is 0.0683 e. The first kappa shape index (κ1) is 43.7. The third kappa shape index (κ3) is 8.81. The second kappa shape index (κ2) is 22.5. The van der Waals surface area contributed by atoms with E-state index in [1.165, 1.54) is 66.8 Å². The lowest BCUT2D eigenvalue weighted by Crippen LogP contribution is -2.21. The van der Waals surface area contributed by atoms with E-state index in [4.69, 9.17) is 0 Å². The van der Waals surface area contributed by atoms with Crippen LogP contribution in [-0.2, 0) is 25.7 Å². The Labute approximate surface area is 330 Å². The Kier molecular flexibility index (Phi) is 18.2. The van der Waals surface area contributed by atoms with Crippen LogP contribution in [0.5, 0.6) is 0 Å². The summed E-state index contributed by atoms with van der Waals surface area (Å²) >= 11 is 0. The zero-order valence-corrected chi connectivity index (χ0v) is 35.7. The Balaban J connectivity index is 0.000000228. The topological polar surface area (TPSA) is 0 Å². The summed E-state index contributed by atoms with van der Waals surface area (Å²) in [5.41, 5.74) is 21.2. The van der Waals surface area contributed by atoms with Crippen LogP contribution in [0.25, 0.3) is 0 Å². The van der Waals surface area contributed by atoms with Gasteiger partial charge in [-0.25, -0.2) is 0 Å². The van der Waals surface area contributed by atoms with Crippen molar-refractivity contribution >= 4 is 0 Å². The summed E-state index contributed by atoms with van der Waals surface area (Å²) in [7, 11) is 0. The molecule has 0 atom stereocenters. The highest BCUT2D eigenvalue weighted by Crippen LogP contribution is 2.48. The lowest BCUT2D eigenvalue weighted by Gasteiger charge is -2.35. The van der Waals surface area contributed by atoms with E-state index in [0.717, 1.165) is 25.7 Å². The maximum atomic E-state index is 2.32. The summed E-state index contributed by atoms with van der Waals surface area (Å²) < 4.78 is 0. The van der Waals surface area contributed by atoms with Gasteiger partial charge in [-0.1, -0.05) is 217 Å². The summed E-state index contributed by atoms with van der Waals surface area (Å²) in [6.07, 6.45) is 4.33. The highest BCUT2D eigenvalue weighted by Gasteiger charge is 2.34. The van der Waals surface area contributed by atoms with E-state index in [-0.39, 0.29) is 0 Å². The molecular weight excluding hydrogens is 649 g/mol. The number of hydrogen-bond acceptors (Lipinski definition) is 0. The summed E-state index contributed by atoms with van der Waals surface area (Å²) in [6, 6.07) is 49.6. The maximum Gasteiger partial charge on any atom is 0.0351 e. The standard InChI is InChI=1S/2C21H16.6C2H6/c2*1-3-10-18-14(6-1)12-16-8-5-9-17-13-15-7-2-4-11-19(15)21(18)20(16)17;6*1-2/h2*1-11,21H,12-13H2;6*1-2H3. The molecule has 10 rings (SSSR count). The lowest BCUT2D eigenvalue weighted by molar-refractivity contribution is 0.825. The van der Waals surface area contributed by atoms with Crippen LogP contribution in [0.15, 0.2) is 133 Å². The van der Waals surface area contributed by atoms with Gasteiger partial charge in [-0.2, -0.15) is 0 Å². The molecule has 0 fully saturated rings. The van der Waals surface area contributed by atoms with E-state index in [1.54, 1.807) is 11.1 Å². The molecular formula is C54H68. The molecule has 54 heavy (non-hydrogen) atoms. The van der Waals surface area contributed by atoms with E-state index in [1.807, 2.05) is 83.1 Å². The van der Waals surface area contributed by atoms with Crippen LogP contribution in [0.3, 0.4) is 0 Å². The van der Waals surface area contributed by atoms with Crippen LogP contribution in [0.4, 0.5) is 0 Å². The Bertz CT molecular complexity index is 1730. The molecule has 0 unspecified atom stereocenters. The molecule has 0 nitrogen and oxygen atoms in total. The third-order valence-corrected chi connectivity index (χ3v) is 10.1. The van der Waals surface area contributed by atoms with Crippen LogP contribution < -0.4 is 0 Å². The van der Waals surface area contributed by atoms with Crippen LogP contribution >= 0.6 is 0 Å². The fourth-order valence-corrected chi connectivity index (χ4v) is 8.38. The van der Waals surface area contributed by atoms with Crippen molar-refractivity contribution in [1.29, 1.82) is 0 Å². The summed E-state index contributed by atoms with van der Waals surface area (Å²) in [4.78, 5) is 0. The van der Waals surface area contributed by atoms with Crippen LogP contribution in [0.2, 0.25) is 0 Å². The minimum Gasteiger partial charge on any atom is -0.0683 e. The van der Waals surface area contributed by atoms with Crippen molar-refractivity contribution in [1.82, 2.24) is 0 Å². The van der Waals surface area contributed by atoms with Crippen molar-refractivity contribution in [2.75, 3.05) is 0 Å². The Hall–Kier alpha value is -4.68.